The summed E-state index contributed by atoms with van der Waals surface area (Å²) in [5, 5.41) is 12.7. The van der Waals surface area contributed by atoms with Crippen molar-refractivity contribution in [1.29, 1.82) is 5.26 Å². The zero-order valence-electron chi connectivity index (χ0n) is 11.2. The van der Waals surface area contributed by atoms with E-state index in [-0.39, 0.29) is 5.92 Å². The van der Waals surface area contributed by atoms with Crippen LogP contribution in [0.4, 0.5) is 0 Å². The van der Waals surface area contributed by atoms with E-state index >= 15 is 0 Å². The minimum atomic E-state index is 0.202. The number of hydrogen-bond donors (Lipinski definition) is 1. The summed E-state index contributed by atoms with van der Waals surface area (Å²) in [6.07, 6.45) is 5.76. The van der Waals surface area contributed by atoms with Crippen LogP contribution >= 0.6 is 0 Å². The van der Waals surface area contributed by atoms with Crippen molar-refractivity contribution in [2.45, 2.75) is 51.6 Å². The smallest absolute Gasteiger partial charge is 0.0672 e. The Morgan fingerprint density at radius 2 is 1.83 bits per heavy atom. The minimum absolute atomic E-state index is 0.202. The first kappa shape index (κ1) is 13.1. The highest BCUT2D eigenvalue weighted by Crippen LogP contribution is 2.24. The van der Waals surface area contributed by atoms with Crippen molar-refractivity contribution in [3.63, 3.8) is 0 Å². The Morgan fingerprint density at radius 3 is 2.50 bits per heavy atom. The van der Waals surface area contributed by atoms with E-state index in [9.17, 15) is 0 Å². The quantitative estimate of drug-likeness (QED) is 0.878. The number of rotatable bonds is 4. The van der Waals surface area contributed by atoms with E-state index in [2.05, 4.69) is 42.6 Å². The largest absolute Gasteiger partial charge is 0.309 e. The van der Waals surface area contributed by atoms with Gasteiger partial charge in [0.25, 0.3) is 0 Å². The summed E-state index contributed by atoms with van der Waals surface area (Å²) in [6.45, 7) is 3.06. The van der Waals surface area contributed by atoms with Crippen molar-refractivity contribution >= 4 is 0 Å². The molecular weight excluding hydrogens is 220 g/mol. The summed E-state index contributed by atoms with van der Waals surface area (Å²) in [6, 6.07) is 11.6. The molecule has 0 aliphatic heterocycles. The Bertz CT molecular complexity index is 402. The average Bonchev–Trinajstić information content (AvgIpc) is 2.46. The van der Waals surface area contributed by atoms with Gasteiger partial charge in [0.05, 0.1) is 12.0 Å². The maximum absolute atomic E-state index is 9.14. The highest BCUT2D eigenvalue weighted by Gasteiger charge is 2.23. The van der Waals surface area contributed by atoms with Crippen LogP contribution in [0.2, 0.25) is 0 Å². The van der Waals surface area contributed by atoms with Crippen LogP contribution in [0.5, 0.6) is 0 Å². The van der Waals surface area contributed by atoms with Crippen molar-refractivity contribution in [2.75, 3.05) is 0 Å². The van der Waals surface area contributed by atoms with Gasteiger partial charge < -0.3 is 5.32 Å². The molecule has 0 amide bonds. The Balaban J connectivity index is 1.88. The fourth-order valence-electron chi connectivity index (χ4n) is 2.67. The fourth-order valence-corrected chi connectivity index (χ4v) is 2.67. The second kappa shape index (κ2) is 6.56. The zero-order valence-corrected chi connectivity index (χ0v) is 11.2. The molecular formula is C16H22N2. The molecule has 0 aromatic heterocycles. The zero-order chi connectivity index (χ0) is 12.8. The van der Waals surface area contributed by atoms with Gasteiger partial charge in [0.1, 0.15) is 0 Å². The van der Waals surface area contributed by atoms with Gasteiger partial charge in [-0.3, -0.25) is 0 Å². The predicted octanol–water partition coefficient (Wildman–Crippen LogP) is 3.42. The molecule has 1 aromatic carbocycles. The molecule has 1 aromatic rings. The molecule has 0 bridgehead atoms. The number of benzene rings is 1. The minimum Gasteiger partial charge on any atom is -0.309 e. The van der Waals surface area contributed by atoms with E-state index in [0.29, 0.717) is 6.04 Å². The molecule has 1 aliphatic rings. The number of nitriles is 1. The predicted molar refractivity (Wildman–Crippen MR) is 74.0 cm³/mol. The van der Waals surface area contributed by atoms with Gasteiger partial charge in [-0.15, -0.1) is 0 Å². The first-order valence-electron chi connectivity index (χ1n) is 7.04. The Morgan fingerprint density at radius 1 is 1.17 bits per heavy atom. The molecule has 1 N–H and O–H groups in total. The highest BCUT2D eigenvalue weighted by molar-refractivity contribution is 5.22. The van der Waals surface area contributed by atoms with E-state index in [1.54, 1.807) is 0 Å². The summed E-state index contributed by atoms with van der Waals surface area (Å²) >= 11 is 0. The molecule has 0 radical (unpaired) electrons. The van der Waals surface area contributed by atoms with Gasteiger partial charge >= 0.3 is 0 Å². The Labute approximate surface area is 110 Å². The standard InChI is InChI=1S/C16H22N2/c1-2-13-7-9-14(10-8-13)12-18-16-6-4-3-5-15(16)11-17/h7-10,15-16,18H,2-6,12H2,1H3. The van der Waals surface area contributed by atoms with Gasteiger partial charge in [-0.1, -0.05) is 44.0 Å². The van der Waals surface area contributed by atoms with Crippen LogP contribution in [0.15, 0.2) is 24.3 Å². The van der Waals surface area contributed by atoms with E-state index < -0.39 is 0 Å². The van der Waals surface area contributed by atoms with E-state index in [1.807, 2.05) is 0 Å². The average molecular weight is 242 g/mol. The fraction of sp³-hybridized carbons (Fsp3) is 0.562. The third kappa shape index (κ3) is 3.34. The summed E-state index contributed by atoms with van der Waals surface area (Å²) < 4.78 is 0. The number of aryl methyl sites for hydroxylation is 1. The second-order valence-electron chi connectivity index (χ2n) is 5.18. The van der Waals surface area contributed by atoms with Crippen molar-refractivity contribution < 1.29 is 0 Å². The number of hydrogen-bond acceptors (Lipinski definition) is 2. The van der Waals surface area contributed by atoms with Crippen LogP contribution < -0.4 is 5.32 Å². The molecule has 2 unspecified atom stereocenters. The summed E-state index contributed by atoms with van der Waals surface area (Å²) in [7, 11) is 0. The molecule has 2 heteroatoms. The van der Waals surface area contributed by atoms with Crippen LogP contribution in [0, 0.1) is 17.2 Å². The molecule has 1 saturated carbocycles. The van der Waals surface area contributed by atoms with Crippen molar-refractivity contribution in [2.24, 2.45) is 5.92 Å². The summed E-state index contributed by atoms with van der Waals surface area (Å²) in [5.41, 5.74) is 2.70. The third-order valence-corrected chi connectivity index (χ3v) is 3.93. The molecule has 2 atom stereocenters. The van der Waals surface area contributed by atoms with Gasteiger partial charge in [0, 0.05) is 12.6 Å². The lowest BCUT2D eigenvalue weighted by atomic mass is 9.85. The number of nitrogens with zero attached hydrogens (tertiary/aromatic N) is 1. The molecule has 18 heavy (non-hydrogen) atoms. The first-order valence-corrected chi connectivity index (χ1v) is 7.04. The molecule has 1 aliphatic carbocycles. The van der Waals surface area contributed by atoms with Gasteiger partial charge in [0.15, 0.2) is 0 Å². The lowest BCUT2D eigenvalue weighted by Crippen LogP contribution is -2.37. The van der Waals surface area contributed by atoms with Crippen molar-refractivity contribution in [3.05, 3.63) is 35.4 Å². The van der Waals surface area contributed by atoms with Crippen LogP contribution in [-0.2, 0) is 13.0 Å². The SMILES string of the molecule is CCc1ccc(CNC2CCCCC2C#N)cc1. The summed E-state index contributed by atoms with van der Waals surface area (Å²) in [4.78, 5) is 0. The first-order chi connectivity index (χ1) is 8.83. The van der Waals surface area contributed by atoms with Crippen molar-refractivity contribution in [3.8, 4) is 6.07 Å². The molecule has 0 saturated heterocycles. The Hall–Kier alpha value is -1.33. The second-order valence-corrected chi connectivity index (χ2v) is 5.18. The van der Waals surface area contributed by atoms with E-state index in [1.165, 1.54) is 24.0 Å². The topological polar surface area (TPSA) is 35.8 Å². The van der Waals surface area contributed by atoms with Gasteiger partial charge in [-0.2, -0.15) is 5.26 Å². The van der Waals surface area contributed by atoms with Gasteiger partial charge in [0.2, 0.25) is 0 Å². The maximum Gasteiger partial charge on any atom is 0.0672 e. The summed E-state index contributed by atoms with van der Waals surface area (Å²) in [5.74, 6) is 0.202. The van der Waals surface area contributed by atoms with Crippen LogP contribution in [0.3, 0.4) is 0 Å². The molecule has 0 spiro atoms. The van der Waals surface area contributed by atoms with Crippen LogP contribution in [-0.4, -0.2) is 6.04 Å². The maximum atomic E-state index is 9.14. The monoisotopic (exact) mass is 242 g/mol. The normalized spacial score (nSPS) is 23.6. The Kier molecular flexibility index (Phi) is 4.78. The lowest BCUT2D eigenvalue weighted by Gasteiger charge is -2.27. The van der Waals surface area contributed by atoms with Gasteiger partial charge in [-0.25, -0.2) is 0 Å². The van der Waals surface area contributed by atoms with E-state index in [4.69, 9.17) is 5.26 Å². The third-order valence-electron chi connectivity index (χ3n) is 3.93. The van der Waals surface area contributed by atoms with E-state index in [0.717, 1.165) is 25.8 Å². The van der Waals surface area contributed by atoms with Crippen LogP contribution in [0.25, 0.3) is 0 Å². The van der Waals surface area contributed by atoms with Crippen LogP contribution in [0.1, 0.15) is 43.7 Å². The highest BCUT2D eigenvalue weighted by atomic mass is 14.9. The molecule has 0 heterocycles. The van der Waals surface area contributed by atoms with Gasteiger partial charge in [-0.05, 0) is 30.4 Å². The number of nitrogens with one attached hydrogen (secondary N) is 1. The molecule has 96 valence electrons. The van der Waals surface area contributed by atoms with Crippen molar-refractivity contribution in [1.82, 2.24) is 5.32 Å². The molecule has 2 rings (SSSR count). The lowest BCUT2D eigenvalue weighted by molar-refractivity contribution is 0.311. The molecule has 2 nitrogen and oxygen atoms in total. The molecule has 1 fully saturated rings.